The average molecular weight is 330 g/mol. The highest BCUT2D eigenvalue weighted by molar-refractivity contribution is 5.86. The third-order valence-corrected chi connectivity index (χ3v) is 2.94. The molecule has 0 unspecified atom stereocenters. The summed E-state index contributed by atoms with van der Waals surface area (Å²) in [6, 6.07) is 8.24. The molecule has 0 aliphatic carbocycles. The molecule has 0 amide bonds. The standard InChI is InChI=1S/C16H18N4O4/c1-3-23-14-10-15(24-4-2)13(20(21)22)9-12(14)11-18-19-16-7-5-6-8-17-16/h5-11H,3-4H2,1-2H3,(H,17,19)/b18-11+. The number of hydrazone groups is 1. The molecule has 8 heteroatoms. The molecule has 1 heterocycles. The number of nitro benzene ring substituents is 1. The van der Waals surface area contributed by atoms with Gasteiger partial charge in [-0.3, -0.25) is 15.5 Å². The molecule has 0 aliphatic rings. The van der Waals surface area contributed by atoms with Crippen molar-refractivity contribution in [2.45, 2.75) is 13.8 Å². The summed E-state index contributed by atoms with van der Waals surface area (Å²) in [5.74, 6) is 1.19. The highest BCUT2D eigenvalue weighted by Gasteiger charge is 2.19. The molecule has 0 saturated heterocycles. The van der Waals surface area contributed by atoms with Gasteiger partial charge in [0, 0.05) is 23.9 Å². The number of benzene rings is 1. The van der Waals surface area contributed by atoms with Gasteiger partial charge in [0.15, 0.2) is 0 Å². The smallest absolute Gasteiger partial charge is 0.311 e. The SMILES string of the molecule is CCOc1cc(OCC)c([N+](=O)[O-])cc1/C=N/Nc1ccccn1. The zero-order chi connectivity index (χ0) is 17.4. The Balaban J connectivity index is 2.32. The molecule has 8 nitrogen and oxygen atoms in total. The van der Waals surface area contributed by atoms with Crippen molar-refractivity contribution in [3.63, 3.8) is 0 Å². The van der Waals surface area contributed by atoms with Gasteiger partial charge in [-0.2, -0.15) is 5.10 Å². The first-order chi connectivity index (χ1) is 11.7. The van der Waals surface area contributed by atoms with E-state index in [4.69, 9.17) is 9.47 Å². The molecule has 2 aromatic rings. The lowest BCUT2D eigenvalue weighted by molar-refractivity contribution is -0.385. The predicted octanol–water partition coefficient (Wildman–Crippen LogP) is 3.23. The highest BCUT2D eigenvalue weighted by atomic mass is 16.6. The first kappa shape index (κ1) is 17.2. The van der Waals surface area contributed by atoms with Crippen LogP contribution in [0.2, 0.25) is 0 Å². The van der Waals surface area contributed by atoms with Gasteiger partial charge in [0.1, 0.15) is 11.6 Å². The summed E-state index contributed by atoms with van der Waals surface area (Å²) in [5.41, 5.74) is 3.08. The van der Waals surface area contributed by atoms with Gasteiger partial charge in [-0.25, -0.2) is 4.98 Å². The summed E-state index contributed by atoms with van der Waals surface area (Å²) in [7, 11) is 0. The van der Waals surface area contributed by atoms with E-state index < -0.39 is 4.92 Å². The number of nitrogens with one attached hydrogen (secondary N) is 1. The van der Waals surface area contributed by atoms with E-state index in [9.17, 15) is 10.1 Å². The van der Waals surface area contributed by atoms with Crippen molar-refractivity contribution in [2.24, 2.45) is 5.10 Å². The van der Waals surface area contributed by atoms with Gasteiger partial charge < -0.3 is 9.47 Å². The Bertz CT molecular complexity index is 720. The number of ether oxygens (including phenoxy) is 2. The first-order valence-electron chi connectivity index (χ1n) is 7.43. The minimum Gasteiger partial charge on any atom is -0.493 e. The lowest BCUT2D eigenvalue weighted by Gasteiger charge is -2.10. The lowest BCUT2D eigenvalue weighted by atomic mass is 10.1. The van der Waals surface area contributed by atoms with Crippen molar-refractivity contribution in [1.82, 2.24) is 4.98 Å². The Labute approximate surface area is 139 Å². The number of anilines is 1. The van der Waals surface area contributed by atoms with Gasteiger partial charge in [-0.1, -0.05) is 6.07 Å². The maximum atomic E-state index is 11.2. The summed E-state index contributed by atoms with van der Waals surface area (Å²) in [4.78, 5) is 14.8. The highest BCUT2D eigenvalue weighted by Crippen LogP contribution is 2.34. The molecule has 1 N–H and O–H groups in total. The van der Waals surface area contributed by atoms with E-state index in [-0.39, 0.29) is 11.4 Å². The Morgan fingerprint density at radius 3 is 2.62 bits per heavy atom. The number of hydrogen-bond donors (Lipinski definition) is 1. The molecular formula is C16H18N4O4. The van der Waals surface area contributed by atoms with Crippen LogP contribution in [0, 0.1) is 10.1 Å². The van der Waals surface area contributed by atoms with E-state index in [1.54, 1.807) is 25.3 Å². The van der Waals surface area contributed by atoms with Gasteiger partial charge in [0.05, 0.1) is 24.4 Å². The second-order valence-corrected chi connectivity index (χ2v) is 4.57. The van der Waals surface area contributed by atoms with Crippen LogP contribution in [0.25, 0.3) is 0 Å². The number of rotatable bonds is 8. The minimum atomic E-state index is -0.496. The van der Waals surface area contributed by atoms with E-state index in [1.165, 1.54) is 18.3 Å². The fourth-order valence-corrected chi connectivity index (χ4v) is 1.96. The van der Waals surface area contributed by atoms with Crippen LogP contribution in [0.1, 0.15) is 19.4 Å². The van der Waals surface area contributed by atoms with Crippen molar-refractivity contribution in [1.29, 1.82) is 0 Å². The van der Waals surface area contributed by atoms with Crippen LogP contribution < -0.4 is 14.9 Å². The molecule has 1 aromatic heterocycles. The third kappa shape index (κ3) is 4.42. The van der Waals surface area contributed by atoms with Gasteiger partial charge in [-0.15, -0.1) is 0 Å². The number of pyridine rings is 1. The fourth-order valence-electron chi connectivity index (χ4n) is 1.96. The van der Waals surface area contributed by atoms with Crippen LogP contribution in [0.4, 0.5) is 11.5 Å². The number of hydrogen-bond acceptors (Lipinski definition) is 7. The summed E-state index contributed by atoms with van der Waals surface area (Å²) >= 11 is 0. The monoisotopic (exact) mass is 330 g/mol. The number of aromatic nitrogens is 1. The molecule has 0 saturated carbocycles. The molecule has 0 fully saturated rings. The molecule has 0 bridgehead atoms. The van der Waals surface area contributed by atoms with Gasteiger partial charge in [0.2, 0.25) is 5.75 Å². The zero-order valence-corrected chi connectivity index (χ0v) is 13.4. The number of nitrogens with zero attached hydrogens (tertiary/aromatic N) is 3. The molecule has 0 radical (unpaired) electrons. The van der Waals surface area contributed by atoms with Crippen molar-refractivity contribution in [2.75, 3.05) is 18.6 Å². The minimum absolute atomic E-state index is 0.139. The largest absolute Gasteiger partial charge is 0.493 e. The molecule has 0 spiro atoms. The maximum absolute atomic E-state index is 11.2. The van der Waals surface area contributed by atoms with Crippen molar-refractivity contribution >= 4 is 17.7 Å². The Morgan fingerprint density at radius 1 is 1.25 bits per heavy atom. The first-order valence-corrected chi connectivity index (χ1v) is 7.43. The summed E-state index contributed by atoms with van der Waals surface area (Å²) in [5, 5.41) is 15.3. The summed E-state index contributed by atoms with van der Waals surface area (Å²) < 4.78 is 10.8. The van der Waals surface area contributed by atoms with E-state index >= 15 is 0 Å². The molecule has 2 rings (SSSR count). The Morgan fingerprint density at radius 2 is 2.00 bits per heavy atom. The van der Waals surface area contributed by atoms with Crippen molar-refractivity contribution in [3.8, 4) is 11.5 Å². The third-order valence-electron chi connectivity index (χ3n) is 2.94. The molecule has 0 atom stereocenters. The molecule has 24 heavy (non-hydrogen) atoms. The maximum Gasteiger partial charge on any atom is 0.311 e. The summed E-state index contributed by atoms with van der Waals surface area (Å²) in [6.45, 7) is 4.32. The topological polar surface area (TPSA) is 98.9 Å². The number of nitro groups is 1. The molecular weight excluding hydrogens is 312 g/mol. The van der Waals surface area contributed by atoms with Crippen LogP contribution >= 0.6 is 0 Å². The van der Waals surface area contributed by atoms with E-state index in [2.05, 4.69) is 15.5 Å². The fraction of sp³-hybridized carbons (Fsp3) is 0.250. The average Bonchev–Trinajstić information content (AvgIpc) is 2.58. The van der Waals surface area contributed by atoms with Crippen LogP contribution in [0.3, 0.4) is 0 Å². The predicted molar refractivity (Wildman–Crippen MR) is 90.9 cm³/mol. The van der Waals surface area contributed by atoms with Crippen LogP contribution in [-0.4, -0.2) is 29.3 Å². The van der Waals surface area contributed by atoms with Gasteiger partial charge in [-0.05, 0) is 26.0 Å². The van der Waals surface area contributed by atoms with Gasteiger partial charge in [0.25, 0.3) is 0 Å². The van der Waals surface area contributed by atoms with Gasteiger partial charge >= 0.3 is 5.69 Å². The van der Waals surface area contributed by atoms with Crippen LogP contribution in [0.15, 0.2) is 41.6 Å². The van der Waals surface area contributed by atoms with Crippen molar-refractivity contribution in [3.05, 3.63) is 52.2 Å². The van der Waals surface area contributed by atoms with E-state index in [1.807, 2.05) is 13.0 Å². The van der Waals surface area contributed by atoms with E-state index in [0.717, 1.165) is 0 Å². The Kier molecular flexibility index (Phi) is 6.07. The van der Waals surface area contributed by atoms with Crippen molar-refractivity contribution < 1.29 is 14.4 Å². The van der Waals surface area contributed by atoms with Crippen LogP contribution in [-0.2, 0) is 0 Å². The second-order valence-electron chi connectivity index (χ2n) is 4.57. The molecule has 126 valence electrons. The Hall–Kier alpha value is -3.16. The summed E-state index contributed by atoms with van der Waals surface area (Å²) in [6.07, 6.45) is 3.08. The quantitative estimate of drug-likeness (QED) is 0.453. The van der Waals surface area contributed by atoms with E-state index in [0.29, 0.717) is 30.3 Å². The van der Waals surface area contributed by atoms with Crippen LogP contribution in [0.5, 0.6) is 11.5 Å². The zero-order valence-electron chi connectivity index (χ0n) is 13.4. The second kappa shape index (κ2) is 8.47. The molecule has 0 aliphatic heterocycles. The lowest BCUT2D eigenvalue weighted by Crippen LogP contribution is -2.03. The normalized spacial score (nSPS) is 10.6. The molecule has 1 aromatic carbocycles.